The quantitative estimate of drug-likeness (QED) is 0.403. The minimum absolute atomic E-state index is 0. The van der Waals surface area contributed by atoms with Gasteiger partial charge in [0.15, 0.2) is 12.1 Å². The van der Waals surface area contributed by atoms with Gasteiger partial charge in [-0.3, -0.25) is 0 Å². The van der Waals surface area contributed by atoms with E-state index in [0.29, 0.717) is 0 Å². The van der Waals surface area contributed by atoms with E-state index < -0.39 is 0 Å². The number of hydrogen-bond acceptors (Lipinski definition) is 2. The van der Waals surface area contributed by atoms with E-state index in [-0.39, 0.29) is 43.1 Å². The van der Waals surface area contributed by atoms with Gasteiger partial charge in [-0.2, -0.15) is 24.0 Å². The molecule has 0 N–H and O–H groups in total. The largest absolute Gasteiger partial charge is 0.197 e. The smallest absolute Gasteiger partial charge is 0.181 e. The van der Waals surface area contributed by atoms with Gasteiger partial charge in [0, 0.05) is 29.6 Å². The van der Waals surface area contributed by atoms with Crippen molar-refractivity contribution in [3.8, 4) is 12.1 Å². The maximum absolute atomic E-state index is 7.26. The predicted molar refractivity (Wildman–Crippen MR) is 27.4 cm³/mol. The van der Waals surface area contributed by atoms with E-state index in [4.69, 9.17) is 10.5 Å². The maximum atomic E-state index is 7.26. The van der Waals surface area contributed by atoms with E-state index in [1.807, 2.05) is 0 Å². The van der Waals surface area contributed by atoms with Gasteiger partial charge < -0.3 is 0 Å². The minimum atomic E-state index is 0. The molecule has 0 saturated carbocycles. The van der Waals surface area contributed by atoms with Crippen molar-refractivity contribution in [3.63, 3.8) is 0 Å². The Labute approximate surface area is 65.5 Å². The molecule has 0 amide bonds. The summed E-state index contributed by atoms with van der Waals surface area (Å²) in [4.78, 5) is 0. The van der Waals surface area contributed by atoms with Crippen LogP contribution in [-0.2, 0) is 0 Å². The van der Waals surface area contributed by atoms with Crippen molar-refractivity contribution in [2.75, 3.05) is 0 Å². The Balaban J connectivity index is -0.0000000450. The standard InChI is InChI=1S/C2N2.Na.H2S/c3-1-2-4;;/h;;1H2. The molecule has 0 saturated heterocycles. The summed E-state index contributed by atoms with van der Waals surface area (Å²) in [6.45, 7) is 0. The van der Waals surface area contributed by atoms with Gasteiger partial charge in [-0.25, -0.2) is 0 Å². The third-order valence-electron chi connectivity index (χ3n) is 0.0500. The summed E-state index contributed by atoms with van der Waals surface area (Å²) >= 11 is 0. The molecular weight excluding hydrogens is 107 g/mol. The van der Waals surface area contributed by atoms with E-state index in [0.717, 1.165) is 0 Å². The molecule has 0 atom stereocenters. The van der Waals surface area contributed by atoms with Crippen LogP contribution in [0.5, 0.6) is 0 Å². The Hall–Kier alpha value is 0.330. The molecule has 0 heterocycles. The number of nitriles is 2. The summed E-state index contributed by atoms with van der Waals surface area (Å²) < 4.78 is 0. The first-order chi connectivity index (χ1) is 1.91. The molecule has 0 aliphatic rings. The van der Waals surface area contributed by atoms with Crippen molar-refractivity contribution < 1.29 is 0 Å². The zero-order valence-electron chi connectivity index (χ0n) is 3.39. The van der Waals surface area contributed by atoms with E-state index in [1.165, 1.54) is 12.1 Å². The third kappa shape index (κ3) is 27.1. The van der Waals surface area contributed by atoms with Crippen LogP contribution in [0.4, 0.5) is 0 Å². The van der Waals surface area contributed by atoms with Gasteiger partial charge in [-0.1, -0.05) is 0 Å². The first kappa shape index (κ1) is 16.2. The molecule has 0 bridgehead atoms. The second-order valence-electron chi connectivity index (χ2n) is 0.224. The van der Waals surface area contributed by atoms with Crippen molar-refractivity contribution in [1.82, 2.24) is 0 Å². The maximum Gasteiger partial charge on any atom is 0.181 e. The van der Waals surface area contributed by atoms with Gasteiger partial charge in [-0.05, 0) is 0 Å². The number of nitrogens with zero attached hydrogens (tertiary/aromatic N) is 2. The Morgan fingerprint density at radius 2 is 1.17 bits per heavy atom. The first-order valence-electron chi connectivity index (χ1n) is 0.697. The SMILES string of the molecule is N#CC#N.S.[Na]. The summed E-state index contributed by atoms with van der Waals surface area (Å²) in [5.41, 5.74) is 0. The van der Waals surface area contributed by atoms with Crippen molar-refractivity contribution >= 4 is 43.1 Å². The topological polar surface area (TPSA) is 47.6 Å². The Bertz CT molecular complexity index is 66.5. The molecule has 0 unspecified atom stereocenters. The Kier molecular flexibility index (Phi) is 49.8. The van der Waals surface area contributed by atoms with Gasteiger partial charge >= 0.3 is 0 Å². The molecule has 0 fully saturated rings. The molecule has 0 aromatic carbocycles. The van der Waals surface area contributed by atoms with Crippen molar-refractivity contribution in [2.45, 2.75) is 0 Å². The first-order valence-corrected chi connectivity index (χ1v) is 0.697. The molecule has 0 aliphatic heterocycles. The molecule has 0 aromatic rings. The van der Waals surface area contributed by atoms with Crippen LogP contribution in [0.15, 0.2) is 0 Å². The number of rotatable bonds is 0. The van der Waals surface area contributed by atoms with Gasteiger partial charge in [0.05, 0.1) is 0 Å². The average molecular weight is 109 g/mol. The molecule has 1 radical (unpaired) electrons. The molecule has 0 spiro atoms. The summed E-state index contributed by atoms with van der Waals surface area (Å²) in [6, 6.07) is 2.47. The van der Waals surface area contributed by atoms with Crippen LogP contribution in [0.2, 0.25) is 0 Å². The molecule has 6 heavy (non-hydrogen) atoms. The van der Waals surface area contributed by atoms with E-state index in [2.05, 4.69) is 0 Å². The molecule has 2 nitrogen and oxygen atoms in total. The summed E-state index contributed by atoms with van der Waals surface area (Å²) in [7, 11) is 0. The van der Waals surface area contributed by atoms with Gasteiger partial charge in [0.1, 0.15) is 0 Å². The molecule has 0 rings (SSSR count). The van der Waals surface area contributed by atoms with Gasteiger partial charge in [0.2, 0.25) is 0 Å². The fraction of sp³-hybridized carbons (Fsp3) is 0. The average Bonchev–Trinajstić information content (AvgIpc) is 1.37. The van der Waals surface area contributed by atoms with Crippen molar-refractivity contribution in [2.24, 2.45) is 0 Å². The molecule has 4 heteroatoms. The fourth-order valence-electron chi connectivity index (χ4n) is 0. The van der Waals surface area contributed by atoms with Crippen LogP contribution >= 0.6 is 13.5 Å². The molecule has 27 valence electrons. The monoisotopic (exact) mass is 109 g/mol. The predicted octanol–water partition coefficient (Wildman–Crippen LogP) is -0.234. The van der Waals surface area contributed by atoms with E-state index in [1.54, 1.807) is 0 Å². The molecular formula is C2H2N2NaS. The molecule has 0 aromatic heterocycles. The second-order valence-corrected chi connectivity index (χ2v) is 0.224. The van der Waals surface area contributed by atoms with Crippen molar-refractivity contribution in [3.05, 3.63) is 0 Å². The van der Waals surface area contributed by atoms with E-state index in [9.17, 15) is 0 Å². The fourth-order valence-corrected chi connectivity index (χ4v) is 0. The second kappa shape index (κ2) is 18.4. The van der Waals surface area contributed by atoms with Crippen LogP contribution in [0.1, 0.15) is 0 Å². The van der Waals surface area contributed by atoms with E-state index >= 15 is 0 Å². The Morgan fingerprint density at radius 3 is 1.17 bits per heavy atom. The van der Waals surface area contributed by atoms with Gasteiger partial charge in [-0.15, -0.1) is 0 Å². The van der Waals surface area contributed by atoms with Crippen LogP contribution in [0, 0.1) is 22.7 Å². The minimum Gasteiger partial charge on any atom is -0.197 e. The van der Waals surface area contributed by atoms with Gasteiger partial charge in [0.25, 0.3) is 0 Å². The van der Waals surface area contributed by atoms with Crippen molar-refractivity contribution in [1.29, 1.82) is 10.5 Å². The zero-order chi connectivity index (χ0) is 3.41. The zero-order valence-corrected chi connectivity index (χ0v) is 6.39. The Morgan fingerprint density at radius 1 is 1.00 bits per heavy atom. The van der Waals surface area contributed by atoms with Crippen LogP contribution in [0.25, 0.3) is 0 Å². The third-order valence-corrected chi connectivity index (χ3v) is 0.0500. The summed E-state index contributed by atoms with van der Waals surface area (Å²) in [6.07, 6.45) is 0. The van der Waals surface area contributed by atoms with Crippen LogP contribution in [0.3, 0.4) is 0 Å². The normalized spacial score (nSPS) is 1.67. The van der Waals surface area contributed by atoms with Crippen LogP contribution in [-0.4, -0.2) is 29.6 Å². The summed E-state index contributed by atoms with van der Waals surface area (Å²) in [5, 5.41) is 14.5. The summed E-state index contributed by atoms with van der Waals surface area (Å²) in [5.74, 6) is 0. The molecule has 0 aliphatic carbocycles. The number of hydrogen-bond donors (Lipinski definition) is 0. The van der Waals surface area contributed by atoms with Crippen LogP contribution < -0.4 is 0 Å².